The average molecular weight is 208 g/mol. The number of nitrogens with one attached hydrogen (secondary N) is 1. The molecule has 15 heavy (non-hydrogen) atoms. The molecule has 3 nitrogen and oxygen atoms in total. The molecular weight excluding hydrogens is 195 g/mol. The number of nitrogens with zero attached hydrogens (tertiary/aromatic N) is 1. The van der Waals surface area contributed by atoms with Crippen molar-refractivity contribution in [3.8, 4) is 5.75 Å². The summed E-state index contributed by atoms with van der Waals surface area (Å²) in [4.78, 5) is 4.29. The Hall–Kier alpha value is -1.58. The molecule has 1 aromatic carbocycles. The van der Waals surface area contributed by atoms with Crippen LogP contribution in [0.15, 0.2) is 23.2 Å². The lowest BCUT2D eigenvalue weighted by Crippen LogP contribution is -2.09. The monoisotopic (exact) mass is 208 g/mol. The Bertz CT molecular complexity index is 390. The van der Waals surface area contributed by atoms with Crippen molar-refractivity contribution >= 4 is 11.5 Å². The minimum Gasteiger partial charge on any atom is -0.494 e. The van der Waals surface area contributed by atoms with Crippen molar-refractivity contribution < 1.29 is 9.13 Å². The molecule has 80 valence electrons. The van der Waals surface area contributed by atoms with Crippen LogP contribution in [-0.2, 0) is 0 Å². The molecule has 0 bridgehead atoms. The van der Waals surface area contributed by atoms with Gasteiger partial charge in [0.2, 0.25) is 0 Å². The fourth-order valence-electron chi connectivity index (χ4n) is 1.57. The molecule has 1 N–H and O–H groups in total. The van der Waals surface area contributed by atoms with Gasteiger partial charge < -0.3 is 10.1 Å². The van der Waals surface area contributed by atoms with Crippen LogP contribution < -0.4 is 10.1 Å². The summed E-state index contributed by atoms with van der Waals surface area (Å²) in [7, 11) is 1.52. The van der Waals surface area contributed by atoms with Crippen molar-refractivity contribution in [2.75, 3.05) is 19.0 Å². The maximum absolute atomic E-state index is 12.9. The van der Waals surface area contributed by atoms with Crippen LogP contribution in [0.1, 0.15) is 12.8 Å². The Morgan fingerprint density at radius 3 is 3.00 bits per heavy atom. The number of aliphatic imine (C=N–C) groups is 1. The topological polar surface area (TPSA) is 33.6 Å². The van der Waals surface area contributed by atoms with E-state index in [0.29, 0.717) is 5.75 Å². The van der Waals surface area contributed by atoms with E-state index in [-0.39, 0.29) is 5.82 Å². The standard InChI is InChI=1S/C11H13FN2O/c1-15-10-7-8(12)4-5-9(10)14-11-3-2-6-13-11/h4-5,7H,2-3,6H2,1H3,(H,13,14). The molecule has 0 radical (unpaired) electrons. The first-order chi connectivity index (χ1) is 7.29. The van der Waals surface area contributed by atoms with E-state index >= 15 is 0 Å². The summed E-state index contributed by atoms with van der Waals surface area (Å²) in [5, 5.41) is 3.15. The molecular formula is C11H13FN2O. The maximum atomic E-state index is 12.9. The van der Waals surface area contributed by atoms with Gasteiger partial charge in [-0.15, -0.1) is 0 Å². The number of hydrogen-bond donors (Lipinski definition) is 1. The van der Waals surface area contributed by atoms with Crippen LogP contribution in [0.25, 0.3) is 0 Å². The first-order valence-electron chi connectivity index (χ1n) is 4.93. The van der Waals surface area contributed by atoms with Gasteiger partial charge in [0.15, 0.2) is 0 Å². The molecule has 1 aliphatic heterocycles. The first kappa shape index (κ1) is 9.96. The van der Waals surface area contributed by atoms with Crippen LogP contribution in [0.3, 0.4) is 0 Å². The van der Waals surface area contributed by atoms with Crippen molar-refractivity contribution in [2.24, 2.45) is 4.99 Å². The van der Waals surface area contributed by atoms with Crippen LogP contribution >= 0.6 is 0 Å². The molecule has 1 aromatic rings. The highest BCUT2D eigenvalue weighted by atomic mass is 19.1. The van der Waals surface area contributed by atoms with Gasteiger partial charge in [-0.3, -0.25) is 4.99 Å². The van der Waals surface area contributed by atoms with Gasteiger partial charge in [-0.25, -0.2) is 4.39 Å². The highest BCUT2D eigenvalue weighted by Gasteiger charge is 2.09. The third kappa shape index (κ3) is 2.26. The third-order valence-corrected chi connectivity index (χ3v) is 2.32. The van der Waals surface area contributed by atoms with E-state index in [9.17, 15) is 4.39 Å². The lowest BCUT2D eigenvalue weighted by molar-refractivity contribution is 0.413. The zero-order chi connectivity index (χ0) is 10.7. The van der Waals surface area contributed by atoms with Crippen LogP contribution in [0.2, 0.25) is 0 Å². The van der Waals surface area contributed by atoms with Gasteiger partial charge in [0.05, 0.1) is 12.8 Å². The van der Waals surface area contributed by atoms with Crippen molar-refractivity contribution in [3.05, 3.63) is 24.0 Å². The summed E-state index contributed by atoms with van der Waals surface area (Å²) in [6.45, 7) is 0.867. The molecule has 0 spiro atoms. The Morgan fingerprint density at radius 1 is 1.47 bits per heavy atom. The SMILES string of the molecule is COc1cc(F)ccc1NC1=NCCC1. The third-order valence-electron chi connectivity index (χ3n) is 2.32. The van der Waals surface area contributed by atoms with Gasteiger partial charge in [-0.2, -0.15) is 0 Å². The van der Waals surface area contributed by atoms with E-state index in [1.54, 1.807) is 6.07 Å². The van der Waals surface area contributed by atoms with E-state index in [1.807, 2.05) is 0 Å². The highest BCUT2D eigenvalue weighted by molar-refractivity contribution is 5.97. The van der Waals surface area contributed by atoms with Gasteiger partial charge in [0, 0.05) is 19.0 Å². The molecule has 2 rings (SSSR count). The molecule has 1 aliphatic rings. The number of rotatable bonds is 2. The number of hydrogen-bond acceptors (Lipinski definition) is 3. The quantitative estimate of drug-likeness (QED) is 0.809. The Kier molecular flexibility index (Phi) is 2.85. The Balaban J connectivity index is 2.19. The molecule has 0 unspecified atom stereocenters. The fraction of sp³-hybridized carbons (Fsp3) is 0.364. The number of benzene rings is 1. The van der Waals surface area contributed by atoms with E-state index in [4.69, 9.17) is 4.74 Å². The summed E-state index contributed by atoms with van der Waals surface area (Å²) in [5.74, 6) is 1.15. The summed E-state index contributed by atoms with van der Waals surface area (Å²) in [6, 6.07) is 4.42. The van der Waals surface area contributed by atoms with Crippen molar-refractivity contribution in [3.63, 3.8) is 0 Å². The van der Waals surface area contributed by atoms with Gasteiger partial charge >= 0.3 is 0 Å². The fourth-order valence-corrected chi connectivity index (χ4v) is 1.57. The average Bonchev–Trinajstić information content (AvgIpc) is 2.73. The number of methoxy groups -OCH3 is 1. The van der Waals surface area contributed by atoms with Gasteiger partial charge in [0.1, 0.15) is 17.4 Å². The number of ether oxygens (including phenoxy) is 1. The molecule has 0 saturated carbocycles. The molecule has 0 aliphatic carbocycles. The summed E-state index contributed by atoms with van der Waals surface area (Å²) < 4.78 is 18.0. The zero-order valence-corrected chi connectivity index (χ0v) is 8.59. The smallest absolute Gasteiger partial charge is 0.145 e. The van der Waals surface area contributed by atoms with Crippen molar-refractivity contribution in [1.82, 2.24) is 0 Å². The predicted octanol–water partition coefficient (Wildman–Crippen LogP) is 2.44. The Morgan fingerprint density at radius 2 is 2.33 bits per heavy atom. The predicted molar refractivity (Wildman–Crippen MR) is 58.1 cm³/mol. The lowest BCUT2D eigenvalue weighted by Gasteiger charge is -2.10. The lowest BCUT2D eigenvalue weighted by atomic mass is 10.2. The molecule has 0 fully saturated rings. The van der Waals surface area contributed by atoms with E-state index in [0.717, 1.165) is 30.9 Å². The van der Waals surface area contributed by atoms with Gasteiger partial charge in [-0.1, -0.05) is 0 Å². The minimum absolute atomic E-state index is 0.300. The van der Waals surface area contributed by atoms with Crippen LogP contribution in [0.4, 0.5) is 10.1 Å². The van der Waals surface area contributed by atoms with Crippen LogP contribution in [-0.4, -0.2) is 19.5 Å². The molecule has 0 atom stereocenters. The van der Waals surface area contributed by atoms with Gasteiger partial charge in [0.25, 0.3) is 0 Å². The molecule has 1 heterocycles. The summed E-state index contributed by atoms with van der Waals surface area (Å²) >= 11 is 0. The zero-order valence-electron chi connectivity index (χ0n) is 8.59. The summed E-state index contributed by atoms with van der Waals surface area (Å²) in [6.07, 6.45) is 2.02. The van der Waals surface area contributed by atoms with Crippen molar-refractivity contribution in [1.29, 1.82) is 0 Å². The van der Waals surface area contributed by atoms with E-state index < -0.39 is 0 Å². The van der Waals surface area contributed by atoms with E-state index in [2.05, 4.69) is 10.3 Å². The summed E-state index contributed by atoms with van der Waals surface area (Å²) in [5.41, 5.74) is 0.763. The molecule has 4 heteroatoms. The van der Waals surface area contributed by atoms with Crippen molar-refractivity contribution in [2.45, 2.75) is 12.8 Å². The second-order valence-corrected chi connectivity index (χ2v) is 3.40. The molecule has 0 amide bonds. The van der Waals surface area contributed by atoms with Crippen LogP contribution in [0, 0.1) is 5.82 Å². The molecule has 0 saturated heterocycles. The number of halogens is 1. The minimum atomic E-state index is -0.300. The maximum Gasteiger partial charge on any atom is 0.145 e. The van der Waals surface area contributed by atoms with Crippen LogP contribution in [0.5, 0.6) is 5.75 Å². The highest BCUT2D eigenvalue weighted by Crippen LogP contribution is 2.25. The first-order valence-corrected chi connectivity index (χ1v) is 4.93. The normalized spacial score (nSPS) is 14.9. The second kappa shape index (κ2) is 4.29. The molecule has 0 aromatic heterocycles. The van der Waals surface area contributed by atoms with Gasteiger partial charge in [-0.05, 0) is 18.6 Å². The Labute approximate surface area is 88.0 Å². The van der Waals surface area contributed by atoms with E-state index in [1.165, 1.54) is 19.2 Å². The second-order valence-electron chi connectivity index (χ2n) is 3.40. The largest absolute Gasteiger partial charge is 0.494 e. The number of anilines is 1. The number of amidine groups is 1.